The number of rotatable bonds is 7. The first kappa shape index (κ1) is 24.4. The quantitative estimate of drug-likeness (QED) is 0.528. The summed E-state index contributed by atoms with van der Waals surface area (Å²) in [7, 11) is 0. The van der Waals surface area contributed by atoms with Crippen molar-refractivity contribution in [3.8, 4) is 0 Å². The molecule has 178 valence electrons. The van der Waals surface area contributed by atoms with Crippen molar-refractivity contribution in [3.63, 3.8) is 0 Å². The number of fused-ring (bicyclic) bond motifs is 2. The molecule has 2 heterocycles. The third-order valence-corrected chi connectivity index (χ3v) is 6.46. The van der Waals surface area contributed by atoms with E-state index in [4.69, 9.17) is 11.1 Å². The van der Waals surface area contributed by atoms with Crippen molar-refractivity contribution >= 4 is 29.3 Å². The fourth-order valence-electron chi connectivity index (χ4n) is 4.61. The largest absolute Gasteiger partial charge is 0.370 e. The predicted octanol–water partition coefficient (Wildman–Crippen LogP) is 0.971. The molecule has 0 aliphatic carbocycles. The molecule has 0 aromatic heterocycles. The number of nitrogens with zero attached hydrogens (tertiary/aromatic N) is 2. The number of hydrogen-bond acceptors (Lipinski definition) is 5. The normalized spacial score (nSPS) is 20.5. The Morgan fingerprint density at radius 2 is 1.70 bits per heavy atom. The van der Waals surface area contributed by atoms with Crippen LogP contribution in [0, 0.1) is 17.7 Å². The van der Waals surface area contributed by atoms with Gasteiger partial charge < -0.3 is 20.9 Å². The molecule has 0 spiro atoms. The van der Waals surface area contributed by atoms with Gasteiger partial charge >= 0.3 is 0 Å². The molecule has 33 heavy (non-hydrogen) atoms. The van der Waals surface area contributed by atoms with Gasteiger partial charge in [0, 0.05) is 31.5 Å². The summed E-state index contributed by atoms with van der Waals surface area (Å²) in [5, 5.41) is 11.1. The first-order valence-electron chi connectivity index (χ1n) is 11.2. The molecule has 2 aliphatic rings. The zero-order chi connectivity index (χ0) is 24.5. The molecule has 3 unspecified atom stereocenters. The van der Waals surface area contributed by atoms with Gasteiger partial charge in [-0.05, 0) is 24.3 Å². The zero-order valence-corrected chi connectivity index (χ0v) is 19.7. The molecule has 3 rings (SSSR count). The van der Waals surface area contributed by atoms with Crippen LogP contribution in [0.1, 0.15) is 51.2 Å². The minimum atomic E-state index is -0.812. The average molecular weight is 456 g/mol. The van der Waals surface area contributed by atoms with E-state index in [2.05, 4.69) is 5.32 Å². The number of nitrogens with two attached hydrogens (primary N) is 1. The molecule has 0 radical (unpaired) electrons. The number of hydrogen-bond donors (Lipinski definition) is 3. The number of amides is 4. The van der Waals surface area contributed by atoms with Crippen LogP contribution in [0.5, 0.6) is 0 Å². The highest BCUT2D eigenvalue weighted by Crippen LogP contribution is 2.33. The van der Waals surface area contributed by atoms with Crippen LogP contribution in [0.4, 0.5) is 0 Å². The van der Waals surface area contributed by atoms with Crippen LogP contribution in [0.3, 0.4) is 0 Å². The second-order valence-electron chi connectivity index (χ2n) is 10.0. The van der Waals surface area contributed by atoms with E-state index in [-0.39, 0.29) is 42.5 Å². The number of aryl methyl sites for hydroxylation is 1. The van der Waals surface area contributed by atoms with Crippen molar-refractivity contribution in [2.75, 3.05) is 13.1 Å². The molecule has 1 aromatic rings. The van der Waals surface area contributed by atoms with Gasteiger partial charge in [0.15, 0.2) is 0 Å². The van der Waals surface area contributed by atoms with E-state index in [0.717, 1.165) is 5.56 Å². The standard InChI is InChI=1S/C24H33N5O4/c1-14-7-5-6-8-17(14)20(26)22(32)27-21(24(2,3)4)23(33)29-13-15-11-16(29)12-28(15)19(31)10-9-18(25)30/h5-8,15-16,21,26H,9-13H2,1-4H3,(H2,25,30)(H,27,32). The molecule has 2 fully saturated rings. The smallest absolute Gasteiger partial charge is 0.270 e. The topological polar surface area (TPSA) is 137 Å². The summed E-state index contributed by atoms with van der Waals surface area (Å²) in [5.41, 5.74) is 5.74. The summed E-state index contributed by atoms with van der Waals surface area (Å²) in [5.74, 6) is -1.43. The van der Waals surface area contributed by atoms with Crippen molar-refractivity contribution in [1.29, 1.82) is 5.41 Å². The van der Waals surface area contributed by atoms with E-state index in [1.54, 1.807) is 21.9 Å². The maximum Gasteiger partial charge on any atom is 0.270 e. The maximum absolute atomic E-state index is 13.5. The van der Waals surface area contributed by atoms with Gasteiger partial charge in [0.05, 0.1) is 12.1 Å². The van der Waals surface area contributed by atoms with Gasteiger partial charge in [-0.3, -0.25) is 24.6 Å². The molecular formula is C24H33N5O4. The van der Waals surface area contributed by atoms with Crippen LogP contribution in [0.2, 0.25) is 0 Å². The van der Waals surface area contributed by atoms with Gasteiger partial charge in [0.2, 0.25) is 17.7 Å². The van der Waals surface area contributed by atoms with Crippen LogP contribution in [0.25, 0.3) is 0 Å². The minimum absolute atomic E-state index is 0.0142. The van der Waals surface area contributed by atoms with Crippen LogP contribution in [-0.2, 0) is 19.2 Å². The van der Waals surface area contributed by atoms with Gasteiger partial charge in [-0.1, -0.05) is 45.0 Å². The van der Waals surface area contributed by atoms with E-state index in [1.807, 2.05) is 39.8 Å². The highest BCUT2D eigenvalue weighted by atomic mass is 16.2. The van der Waals surface area contributed by atoms with Crippen molar-refractivity contribution in [1.82, 2.24) is 15.1 Å². The van der Waals surface area contributed by atoms with Crippen LogP contribution in [-0.4, -0.2) is 70.4 Å². The summed E-state index contributed by atoms with van der Waals surface area (Å²) < 4.78 is 0. The van der Waals surface area contributed by atoms with Gasteiger partial charge in [0.25, 0.3) is 5.91 Å². The second-order valence-corrected chi connectivity index (χ2v) is 10.0. The van der Waals surface area contributed by atoms with Crippen LogP contribution >= 0.6 is 0 Å². The first-order chi connectivity index (χ1) is 15.4. The van der Waals surface area contributed by atoms with Crippen molar-refractivity contribution in [2.24, 2.45) is 11.1 Å². The maximum atomic E-state index is 13.5. The number of primary amides is 1. The number of carbonyl (C=O) groups excluding carboxylic acids is 4. The molecule has 9 nitrogen and oxygen atoms in total. The van der Waals surface area contributed by atoms with E-state index < -0.39 is 23.3 Å². The molecule has 2 aliphatic heterocycles. The molecule has 0 saturated carbocycles. The van der Waals surface area contributed by atoms with E-state index in [0.29, 0.717) is 25.1 Å². The van der Waals surface area contributed by atoms with Gasteiger partial charge in [-0.2, -0.15) is 0 Å². The molecule has 4 N–H and O–H groups in total. The SMILES string of the molecule is Cc1ccccc1C(=N)C(=O)NC(C(=O)N1CC2CC1CN2C(=O)CCC(N)=O)C(C)(C)C. The Kier molecular flexibility index (Phi) is 6.90. The third-order valence-electron chi connectivity index (χ3n) is 6.46. The Hall–Kier alpha value is -3.23. The molecule has 4 amide bonds. The first-order valence-corrected chi connectivity index (χ1v) is 11.2. The van der Waals surface area contributed by atoms with E-state index >= 15 is 0 Å². The second kappa shape index (κ2) is 9.33. The van der Waals surface area contributed by atoms with E-state index in [1.165, 1.54) is 0 Å². The Bertz CT molecular complexity index is 983. The number of benzene rings is 1. The summed E-state index contributed by atoms with van der Waals surface area (Å²) in [6, 6.07) is 6.13. The fraction of sp³-hybridized carbons (Fsp3) is 0.542. The van der Waals surface area contributed by atoms with Gasteiger partial charge in [-0.25, -0.2) is 0 Å². The van der Waals surface area contributed by atoms with Crippen LogP contribution in [0.15, 0.2) is 24.3 Å². The fourth-order valence-corrected chi connectivity index (χ4v) is 4.61. The minimum Gasteiger partial charge on any atom is -0.370 e. The molecule has 1 aromatic carbocycles. The lowest BCUT2D eigenvalue weighted by atomic mass is 9.85. The average Bonchev–Trinajstić information content (AvgIpc) is 3.35. The lowest BCUT2D eigenvalue weighted by Gasteiger charge is -2.39. The van der Waals surface area contributed by atoms with Gasteiger partial charge in [-0.15, -0.1) is 0 Å². The Morgan fingerprint density at radius 1 is 1.09 bits per heavy atom. The summed E-state index contributed by atoms with van der Waals surface area (Å²) >= 11 is 0. The number of carbonyl (C=O) groups is 4. The Morgan fingerprint density at radius 3 is 2.24 bits per heavy atom. The number of likely N-dealkylation sites (tertiary alicyclic amines) is 2. The third kappa shape index (κ3) is 5.23. The Balaban J connectivity index is 1.69. The van der Waals surface area contributed by atoms with Gasteiger partial charge in [0.1, 0.15) is 11.8 Å². The highest BCUT2D eigenvalue weighted by Gasteiger charge is 2.49. The molecule has 2 bridgehead atoms. The van der Waals surface area contributed by atoms with E-state index in [9.17, 15) is 19.2 Å². The molecule has 9 heteroatoms. The lowest BCUT2D eigenvalue weighted by molar-refractivity contribution is -0.144. The zero-order valence-electron chi connectivity index (χ0n) is 19.7. The number of nitrogens with one attached hydrogen (secondary N) is 2. The molecule has 3 atom stereocenters. The van der Waals surface area contributed by atoms with Crippen molar-refractivity contribution in [2.45, 2.75) is 65.1 Å². The monoisotopic (exact) mass is 455 g/mol. The Labute approximate surface area is 194 Å². The lowest BCUT2D eigenvalue weighted by Crippen LogP contribution is -2.59. The number of piperazine rings is 1. The predicted molar refractivity (Wildman–Crippen MR) is 123 cm³/mol. The molecular weight excluding hydrogens is 422 g/mol. The summed E-state index contributed by atoms with van der Waals surface area (Å²) in [6.45, 7) is 8.27. The molecule has 2 saturated heterocycles. The van der Waals surface area contributed by atoms with Crippen molar-refractivity contribution < 1.29 is 19.2 Å². The summed E-state index contributed by atoms with van der Waals surface area (Å²) in [6.07, 6.45) is 0.770. The summed E-state index contributed by atoms with van der Waals surface area (Å²) in [4.78, 5) is 53.3. The van der Waals surface area contributed by atoms with Crippen molar-refractivity contribution in [3.05, 3.63) is 35.4 Å². The van der Waals surface area contributed by atoms with Crippen LogP contribution < -0.4 is 11.1 Å². The highest BCUT2D eigenvalue weighted by molar-refractivity contribution is 6.44.